The minimum atomic E-state index is -3.49. The lowest BCUT2D eigenvalue weighted by Gasteiger charge is -2.12. The van der Waals surface area contributed by atoms with E-state index < -0.39 is 10.0 Å². The van der Waals surface area contributed by atoms with E-state index in [1.54, 1.807) is 25.4 Å². The van der Waals surface area contributed by atoms with Crippen molar-refractivity contribution in [2.24, 2.45) is 0 Å². The molecule has 0 aliphatic rings. The third kappa shape index (κ3) is 3.93. The van der Waals surface area contributed by atoms with Gasteiger partial charge in [0.2, 0.25) is 10.0 Å². The first-order valence-electron chi connectivity index (χ1n) is 6.55. The average Bonchev–Trinajstić information content (AvgIpc) is 2.47. The molecule has 0 amide bonds. The number of nitrogens with zero attached hydrogens (tertiary/aromatic N) is 1. The van der Waals surface area contributed by atoms with Gasteiger partial charge in [0.05, 0.1) is 16.3 Å². The van der Waals surface area contributed by atoms with E-state index in [0.717, 1.165) is 5.56 Å². The molecule has 0 aliphatic heterocycles. The molecule has 0 radical (unpaired) electrons. The molecule has 0 fully saturated rings. The number of nitrogen functional groups attached to an aromatic ring is 1. The van der Waals surface area contributed by atoms with Gasteiger partial charge in [-0.1, -0.05) is 13.0 Å². The van der Waals surface area contributed by atoms with Crippen LogP contribution in [0.2, 0.25) is 0 Å². The van der Waals surface area contributed by atoms with Crippen molar-refractivity contribution < 1.29 is 8.42 Å². The predicted octanol–water partition coefficient (Wildman–Crippen LogP) is 1.57. The fourth-order valence-electron chi connectivity index (χ4n) is 1.83. The SMILES string of the molecule is CCNS(=O)(=O)c1ccc(N)c(NCc2cccnc2)c1. The molecule has 4 N–H and O–H groups in total. The smallest absolute Gasteiger partial charge is 0.240 e. The van der Waals surface area contributed by atoms with E-state index in [9.17, 15) is 8.42 Å². The topological polar surface area (TPSA) is 97.1 Å². The van der Waals surface area contributed by atoms with Crippen LogP contribution in [-0.4, -0.2) is 19.9 Å². The normalized spacial score (nSPS) is 11.3. The zero-order chi connectivity index (χ0) is 15.3. The Labute approximate surface area is 124 Å². The second-order valence-electron chi connectivity index (χ2n) is 4.47. The van der Waals surface area contributed by atoms with Gasteiger partial charge in [-0.25, -0.2) is 13.1 Å². The van der Waals surface area contributed by atoms with Crippen molar-refractivity contribution in [2.45, 2.75) is 18.4 Å². The summed E-state index contributed by atoms with van der Waals surface area (Å²) < 4.78 is 26.4. The van der Waals surface area contributed by atoms with Gasteiger partial charge in [0.15, 0.2) is 0 Å². The van der Waals surface area contributed by atoms with Crippen LogP contribution in [0, 0.1) is 0 Å². The zero-order valence-electron chi connectivity index (χ0n) is 11.7. The van der Waals surface area contributed by atoms with Crippen molar-refractivity contribution >= 4 is 21.4 Å². The number of pyridine rings is 1. The molecule has 21 heavy (non-hydrogen) atoms. The quantitative estimate of drug-likeness (QED) is 0.704. The molecule has 1 heterocycles. The van der Waals surface area contributed by atoms with Gasteiger partial charge in [-0.3, -0.25) is 4.98 Å². The highest BCUT2D eigenvalue weighted by Gasteiger charge is 2.14. The van der Waals surface area contributed by atoms with Crippen LogP contribution in [0.4, 0.5) is 11.4 Å². The number of nitrogens with two attached hydrogens (primary N) is 1. The summed E-state index contributed by atoms with van der Waals surface area (Å²) in [6, 6.07) is 8.36. The summed E-state index contributed by atoms with van der Waals surface area (Å²) in [6.07, 6.45) is 3.43. The Morgan fingerprint density at radius 2 is 2.10 bits per heavy atom. The van der Waals surface area contributed by atoms with Crippen molar-refractivity contribution in [3.8, 4) is 0 Å². The van der Waals surface area contributed by atoms with Crippen LogP contribution in [0.15, 0.2) is 47.6 Å². The van der Waals surface area contributed by atoms with Crippen LogP contribution in [0.1, 0.15) is 12.5 Å². The molecule has 2 rings (SSSR count). The summed E-state index contributed by atoms with van der Waals surface area (Å²) in [6.45, 7) is 2.59. The van der Waals surface area contributed by atoms with Crippen LogP contribution in [0.3, 0.4) is 0 Å². The predicted molar refractivity (Wildman–Crippen MR) is 83.3 cm³/mol. The van der Waals surface area contributed by atoms with Crippen LogP contribution in [0.25, 0.3) is 0 Å². The number of nitrogens with one attached hydrogen (secondary N) is 2. The van der Waals surface area contributed by atoms with E-state index in [1.807, 2.05) is 12.1 Å². The van der Waals surface area contributed by atoms with Gasteiger partial charge in [0.25, 0.3) is 0 Å². The highest BCUT2D eigenvalue weighted by molar-refractivity contribution is 7.89. The van der Waals surface area contributed by atoms with Crippen molar-refractivity contribution in [2.75, 3.05) is 17.6 Å². The van der Waals surface area contributed by atoms with Gasteiger partial charge < -0.3 is 11.1 Å². The minimum absolute atomic E-state index is 0.187. The first-order valence-corrected chi connectivity index (χ1v) is 8.03. The van der Waals surface area contributed by atoms with Gasteiger partial charge in [-0.15, -0.1) is 0 Å². The van der Waals surface area contributed by atoms with Gasteiger partial charge in [0.1, 0.15) is 0 Å². The number of sulfonamides is 1. The maximum Gasteiger partial charge on any atom is 0.240 e. The Bertz CT molecular complexity index is 702. The molecule has 112 valence electrons. The Balaban J connectivity index is 2.20. The molecule has 0 saturated carbocycles. The first kappa shape index (κ1) is 15.3. The molecule has 0 atom stereocenters. The molecule has 6 nitrogen and oxygen atoms in total. The van der Waals surface area contributed by atoms with Crippen LogP contribution >= 0.6 is 0 Å². The van der Waals surface area contributed by atoms with E-state index in [4.69, 9.17) is 5.73 Å². The van der Waals surface area contributed by atoms with E-state index in [1.165, 1.54) is 12.1 Å². The summed E-state index contributed by atoms with van der Waals surface area (Å²) in [5.74, 6) is 0. The monoisotopic (exact) mass is 306 g/mol. The fourth-order valence-corrected chi connectivity index (χ4v) is 2.90. The molecule has 0 saturated heterocycles. The Hall–Kier alpha value is -2.12. The van der Waals surface area contributed by atoms with Gasteiger partial charge in [-0.2, -0.15) is 0 Å². The van der Waals surface area contributed by atoms with E-state index in [0.29, 0.717) is 24.5 Å². The lowest BCUT2D eigenvalue weighted by Crippen LogP contribution is -2.23. The molecule has 1 aromatic carbocycles. The zero-order valence-corrected chi connectivity index (χ0v) is 12.5. The summed E-state index contributed by atoms with van der Waals surface area (Å²) in [4.78, 5) is 4.21. The van der Waals surface area contributed by atoms with Crippen molar-refractivity contribution in [3.63, 3.8) is 0 Å². The number of rotatable bonds is 6. The maximum absolute atomic E-state index is 12.0. The molecule has 7 heteroatoms. The highest BCUT2D eigenvalue weighted by atomic mass is 32.2. The number of hydrogen-bond acceptors (Lipinski definition) is 5. The van der Waals surface area contributed by atoms with Crippen molar-refractivity contribution in [1.82, 2.24) is 9.71 Å². The van der Waals surface area contributed by atoms with Gasteiger partial charge in [-0.05, 0) is 29.8 Å². The number of aromatic nitrogens is 1. The summed E-state index contributed by atoms with van der Waals surface area (Å²) in [5.41, 5.74) is 7.94. The Kier molecular flexibility index (Phi) is 4.77. The Morgan fingerprint density at radius 1 is 1.29 bits per heavy atom. The lowest BCUT2D eigenvalue weighted by molar-refractivity contribution is 0.584. The standard InChI is InChI=1S/C14H18N4O2S/c1-2-18-21(19,20)12-5-6-13(15)14(8-12)17-10-11-4-3-7-16-9-11/h3-9,17-18H,2,10,15H2,1H3. The van der Waals surface area contributed by atoms with E-state index in [-0.39, 0.29) is 4.90 Å². The van der Waals surface area contributed by atoms with Crippen molar-refractivity contribution in [1.29, 1.82) is 0 Å². The molecule has 2 aromatic rings. The number of anilines is 2. The number of benzene rings is 1. The molecule has 0 bridgehead atoms. The molecular formula is C14H18N4O2S. The molecule has 0 spiro atoms. The van der Waals surface area contributed by atoms with Gasteiger partial charge >= 0.3 is 0 Å². The summed E-state index contributed by atoms with van der Waals surface area (Å²) in [5, 5.41) is 3.13. The third-order valence-electron chi connectivity index (χ3n) is 2.88. The second kappa shape index (κ2) is 6.55. The average molecular weight is 306 g/mol. The molecular weight excluding hydrogens is 288 g/mol. The van der Waals surface area contributed by atoms with Crippen LogP contribution in [-0.2, 0) is 16.6 Å². The minimum Gasteiger partial charge on any atom is -0.397 e. The highest BCUT2D eigenvalue weighted by Crippen LogP contribution is 2.23. The fraction of sp³-hybridized carbons (Fsp3) is 0.214. The lowest BCUT2D eigenvalue weighted by atomic mass is 10.2. The number of hydrogen-bond donors (Lipinski definition) is 3. The largest absolute Gasteiger partial charge is 0.397 e. The molecule has 0 unspecified atom stereocenters. The second-order valence-corrected chi connectivity index (χ2v) is 6.23. The summed E-state index contributed by atoms with van der Waals surface area (Å²) >= 11 is 0. The van der Waals surface area contributed by atoms with Gasteiger partial charge in [0, 0.05) is 25.5 Å². The third-order valence-corrected chi connectivity index (χ3v) is 4.42. The van der Waals surface area contributed by atoms with Crippen LogP contribution in [0.5, 0.6) is 0 Å². The van der Waals surface area contributed by atoms with Crippen molar-refractivity contribution in [3.05, 3.63) is 48.3 Å². The Morgan fingerprint density at radius 3 is 2.76 bits per heavy atom. The molecule has 1 aromatic heterocycles. The molecule has 0 aliphatic carbocycles. The first-order chi connectivity index (χ1) is 10.0. The van der Waals surface area contributed by atoms with E-state index >= 15 is 0 Å². The summed E-state index contributed by atoms with van der Waals surface area (Å²) in [7, 11) is -3.49. The maximum atomic E-state index is 12.0. The van der Waals surface area contributed by atoms with Crippen LogP contribution < -0.4 is 15.8 Å². The van der Waals surface area contributed by atoms with E-state index in [2.05, 4.69) is 15.0 Å².